The lowest BCUT2D eigenvalue weighted by Crippen LogP contribution is -2.48. The maximum absolute atomic E-state index is 13.0. The molecule has 158 valence electrons. The number of benzene rings is 1. The lowest BCUT2D eigenvalue weighted by molar-refractivity contribution is -0.0785. The van der Waals surface area contributed by atoms with E-state index in [1.807, 2.05) is 25.2 Å². The summed E-state index contributed by atoms with van der Waals surface area (Å²) in [7, 11) is -1.53. The molecule has 7 nitrogen and oxygen atoms in total. The number of piperidine rings is 1. The van der Waals surface area contributed by atoms with Gasteiger partial charge in [-0.3, -0.25) is 0 Å². The quantitative estimate of drug-likeness (QED) is 0.747. The molecule has 2 aliphatic heterocycles. The molecule has 1 N–H and O–H groups in total. The monoisotopic (exact) mass is 437 g/mol. The minimum absolute atomic E-state index is 0.0219. The number of nitrogens with zero attached hydrogens (tertiary/aromatic N) is 2. The van der Waals surface area contributed by atoms with E-state index in [4.69, 9.17) is 14.5 Å². The van der Waals surface area contributed by atoms with Crippen molar-refractivity contribution in [1.82, 2.24) is 9.29 Å². The Labute approximate surface area is 176 Å². The molecule has 3 heterocycles. The van der Waals surface area contributed by atoms with Crippen molar-refractivity contribution < 1.29 is 17.9 Å². The summed E-state index contributed by atoms with van der Waals surface area (Å²) >= 11 is 1.58. The van der Waals surface area contributed by atoms with E-state index in [2.05, 4.69) is 22.8 Å². The van der Waals surface area contributed by atoms with Gasteiger partial charge >= 0.3 is 0 Å². The molecule has 2 aliphatic rings. The van der Waals surface area contributed by atoms with Crippen LogP contribution in [0.3, 0.4) is 0 Å². The molecular weight excluding hydrogens is 410 g/mol. The zero-order chi connectivity index (χ0) is 20.3. The molecule has 29 heavy (non-hydrogen) atoms. The summed E-state index contributed by atoms with van der Waals surface area (Å²) in [6.07, 6.45) is 1.02. The van der Waals surface area contributed by atoms with Gasteiger partial charge in [0.1, 0.15) is 0 Å². The second-order valence-corrected chi connectivity index (χ2v) is 10.4. The fraction of sp³-hybridized carbons (Fsp3) is 0.550. The fourth-order valence-electron chi connectivity index (χ4n) is 4.18. The number of hydrogen-bond donors (Lipinski definition) is 1. The van der Waals surface area contributed by atoms with Crippen LogP contribution >= 0.6 is 11.3 Å². The first-order valence-corrected chi connectivity index (χ1v) is 12.4. The molecule has 0 bridgehead atoms. The lowest BCUT2D eigenvalue weighted by atomic mass is 9.71. The molecule has 1 unspecified atom stereocenters. The van der Waals surface area contributed by atoms with Crippen LogP contribution in [0.4, 0.5) is 5.13 Å². The standard InChI is InChI=1S/C20H27N3O4S2/c1-21-19-22-18(14-28-19)20(16-5-3-2-4-6-16)7-9-23(10-8-20)29(24,25)15-17-13-26-11-12-27-17/h2-6,14,17H,7-13,15H2,1H3,(H,21,22). The summed E-state index contributed by atoms with van der Waals surface area (Å²) in [6, 6.07) is 10.3. The minimum Gasteiger partial charge on any atom is -0.376 e. The van der Waals surface area contributed by atoms with Gasteiger partial charge in [-0.25, -0.2) is 17.7 Å². The van der Waals surface area contributed by atoms with Crippen molar-refractivity contribution in [2.75, 3.05) is 51.0 Å². The van der Waals surface area contributed by atoms with Gasteiger partial charge in [0, 0.05) is 30.9 Å². The highest BCUT2D eigenvalue weighted by Gasteiger charge is 2.42. The molecule has 9 heteroatoms. The van der Waals surface area contributed by atoms with Crippen LogP contribution in [-0.2, 0) is 24.9 Å². The molecule has 0 saturated carbocycles. The number of sulfonamides is 1. The van der Waals surface area contributed by atoms with Crippen molar-refractivity contribution in [3.05, 3.63) is 47.0 Å². The molecule has 0 spiro atoms. The Kier molecular flexibility index (Phi) is 6.21. The van der Waals surface area contributed by atoms with Crippen LogP contribution < -0.4 is 5.32 Å². The van der Waals surface area contributed by atoms with Crippen LogP contribution in [0.25, 0.3) is 0 Å². The Balaban J connectivity index is 1.54. The van der Waals surface area contributed by atoms with Gasteiger partial charge in [-0.05, 0) is 18.4 Å². The van der Waals surface area contributed by atoms with Gasteiger partial charge in [0.15, 0.2) is 5.13 Å². The Morgan fingerprint density at radius 1 is 1.24 bits per heavy atom. The van der Waals surface area contributed by atoms with Crippen molar-refractivity contribution >= 4 is 26.5 Å². The van der Waals surface area contributed by atoms with Gasteiger partial charge in [0.2, 0.25) is 10.0 Å². The molecule has 1 aromatic carbocycles. The Morgan fingerprint density at radius 3 is 2.62 bits per heavy atom. The van der Waals surface area contributed by atoms with Crippen molar-refractivity contribution in [3.8, 4) is 0 Å². The Bertz CT molecular complexity index is 903. The smallest absolute Gasteiger partial charge is 0.216 e. The van der Waals surface area contributed by atoms with E-state index in [0.717, 1.165) is 10.8 Å². The maximum atomic E-state index is 13.0. The van der Waals surface area contributed by atoms with Crippen molar-refractivity contribution in [3.63, 3.8) is 0 Å². The van der Waals surface area contributed by atoms with Crippen LogP contribution in [0.2, 0.25) is 0 Å². The molecule has 0 amide bonds. The number of aromatic nitrogens is 1. The van der Waals surface area contributed by atoms with Crippen LogP contribution in [0.5, 0.6) is 0 Å². The first-order valence-electron chi connectivity index (χ1n) is 9.90. The number of anilines is 1. The number of nitrogens with one attached hydrogen (secondary N) is 1. The van der Waals surface area contributed by atoms with E-state index in [9.17, 15) is 8.42 Å². The number of thiazole rings is 1. The van der Waals surface area contributed by atoms with E-state index in [1.54, 1.807) is 15.6 Å². The molecule has 2 saturated heterocycles. The largest absolute Gasteiger partial charge is 0.376 e. The van der Waals surface area contributed by atoms with Crippen molar-refractivity contribution in [2.24, 2.45) is 0 Å². The second kappa shape index (κ2) is 8.69. The fourth-order valence-corrected chi connectivity index (χ4v) is 6.56. The highest BCUT2D eigenvalue weighted by atomic mass is 32.2. The van der Waals surface area contributed by atoms with E-state index >= 15 is 0 Å². The molecule has 2 fully saturated rings. The van der Waals surface area contributed by atoms with Crippen molar-refractivity contribution in [1.29, 1.82) is 0 Å². The first kappa shape index (κ1) is 20.7. The molecule has 0 aliphatic carbocycles. The highest BCUT2D eigenvalue weighted by molar-refractivity contribution is 7.89. The number of hydrogen-bond acceptors (Lipinski definition) is 7. The van der Waals surface area contributed by atoms with Crippen molar-refractivity contribution in [2.45, 2.75) is 24.4 Å². The van der Waals surface area contributed by atoms with E-state index in [-0.39, 0.29) is 17.3 Å². The average Bonchev–Trinajstić information content (AvgIpc) is 3.25. The second-order valence-electron chi connectivity index (χ2n) is 7.48. The molecule has 0 radical (unpaired) electrons. The summed E-state index contributed by atoms with van der Waals surface area (Å²) < 4.78 is 38.4. The minimum atomic E-state index is -3.40. The highest BCUT2D eigenvalue weighted by Crippen LogP contribution is 2.43. The lowest BCUT2D eigenvalue weighted by Gasteiger charge is -2.41. The van der Waals surface area contributed by atoms with Gasteiger partial charge in [-0.1, -0.05) is 30.3 Å². The third kappa shape index (κ3) is 4.34. The molecule has 4 rings (SSSR count). The van der Waals surface area contributed by atoms with Gasteiger partial charge in [0.05, 0.1) is 37.4 Å². The molecular formula is C20H27N3O4S2. The van der Waals surface area contributed by atoms with Crippen LogP contribution in [0.1, 0.15) is 24.1 Å². The molecule has 1 atom stereocenters. The third-order valence-corrected chi connectivity index (χ3v) is 8.59. The number of rotatable bonds is 6. The van der Waals surface area contributed by atoms with Gasteiger partial charge in [0.25, 0.3) is 0 Å². The molecule has 1 aromatic heterocycles. The molecule has 2 aromatic rings. The van der Waals surface area contributed by atoms with E-state index < -0.39 is 10.0 Å². The Morgan fingerprint density at radius 2 is 2.00 bits per heavy atom. The summed E-state index contributed by atoms with van der Waals surface area (Å²) in [4.78, 5) is 4.78. The summed E-state index contributed by atoms with van der Waals surface area (Å²) in [5, 5.41) is 6.08. The summed E-state index contributed by atoms with van der Waals surface area (Å²) in [5.74, 6) is -0.0219. The predicted octanol–water partition coefficient (Wildman–Crippen LogP) is 2.31. The third-order valence-electron chi connectivity index (χ3n) is 5.79. The van der Waals surface area contributed by atoms with Gasteiger partial charge in [-0.2, -0.15) is 0 Å². The topological polar surface area (TPSA) is 80.8 Å². The van der Waals surface area contributed by atoms with E-state index in [1.165, 1.54) is 5.56 Å². The van der Waals surface area contributed by atoms with E-state index in [0.29, 0.717) is 45.8 Å². The van der Waals surface area contributed by atoms with Crippen LogP contribution in [-0.4, -0.2) is 69.5 Å². The zero-order valence-corrected chi connectivity index (χ0v) is 18.2. The van der Waals surface area contributed by atoms with Crippen LogP contribution in [0, 0.1) is 0 Å². The maximum Gasteiger partial charge on any atom is 0.216 e. The predicted molar refractivity (Wildman–Crippen MR) is 114 cm³/mol. The first-order chi connectivity index (χ1) is 14.0. The average molecular weight is 438 g/mol. The Hall–Kier alpha value is -1.52. The van der Waals surface area contributed by atoms with Gasteiger partial charge in [-0.15, -0.1) is 11.3 Å². The zero-order valence-electron chi connectivity index (χ0n) is 16.5. The summed E-state index contributed by atoms with van der Waals surface area (Å²) in [6.45, 7) is 2.26. The SMILES string of the molecule is CNc1nc(C2(c3ccccc3)CCN(S(=O)(=O)CC3COCCO3)CC2)cs1. The van der Waals surface area contributed by atoms with Gasteiger partial charge < -0.3 is 14.8 Å². The van der Waals surface area contributed by atoms with Crippen LogP contribution in [0.15, 0.2) is 35.7 Å². The number of ether oxygens (including phenoxy) is 2. The normalized spacial score (nSPS) is 23.0. The summed E-state index contributed by atoms with van der Waals surface area (Å²) in [5.41, 5.74) is 1.93.